The highest BCUT2D eigenvalue weighted by Crippen LogP contribution is 2.15. The van der Waals surface area contributed by atoms with E-state index in [9.17, 15) is 0 Å². The van der Waals surface area contributed by atoms with Gasteiger partial charge in [-0.15, -0.1) is 0 Å². The Morgan fingerprint density at radius 1 is 1.38 bits per heavy atom. The molecule has 0 aliphatic heterocycles. The van der Waals surface area contributed by atoms with Crippen molar-refractivity contribution in [1.82, 2.24) is 15.0 Å². The number of aryl methyl sites for hydroxylation is 1. The average Bonchev–Trinajstić information content (AvgIpc) is 2.52. The number of halogens is 1. The summed E-state index contributed by atoms with van der Waals surface area (Å²) in [5, 5.41) is 0. The van der Waals surface area contributed by atoms with Crippen molar-refractivity contribution in [3.8, 4) is 11.5 Å². The van der Waals surface area contributed by atoms with Gasteiger partial charge in [-0.3, -0.25) is 0 Å². The van der Waals surface area contributed by atoms with Gasteiger partial charge in [0.15, 0.2) is 5.82 Å². The van der Waals surface area contributed by atoms with Crippen molar-refractivity contribution < 1.29 is 0 Å². The Morgan fingerprint density at radius 3 is 2.85 bits per heavy atom. The van der Waals surface area contributed by atoms with E-state index in [-0.39, 0.29) is 0 Å². The Labute approximate surface area is 84.4 Å². The van der Waals surface area contributed by atoms with Gasteiger partial charge in [-0.1, -0.05) is 6.07 Å². The normalized spacial score (nSPS) is 10.3. The average molecular weight is 238 g/mol. The number of aromatic amines is 1. The molecule has 0 atom stereocenters. The summed E-state index contributed by atoms with van der Waals surface area (Å²) in [5.74, 6) is 0.804. The van der Waals surface area contributed by atoms with E-state index in [1.54, 1.807) is 6.20 Å². The molecular formula is C9H8BrN3. The summed E-state index contributed by atoms with van der Waals surface area (Å²) < 4.78 is 0.819. The van der Waals surface area contributed by atoms with Gasteiger partial charge in [-0.25, -0.2) is 9.97 Å². The standard InChI is InChI=1S/C9H8BrN3/c1-6-5-11-9(12-6)7-3-2-4-8(10)13-7/h2-5H,1H3,(H,11,12). The lowest BCUT2D eigenvalue weighted by molar-refractivity contribution is 1.19. The van der Waals surface area contributed by atoms with E-state index in [1.807, 2.05) is 25.1 Å². The molecule has 0 aliphatic rings. The van der Waals surface area contributed by atoms with Crippen molar-refractivity contribution in [2.45, 2.75) is 6.92 Å². The molecule has 13 heavy (non-hydrogen) atoms. The number of hydrogen-bond donors (Lipinski definition) is 1. The molecule has 0 bridgehead atoms. The zero-order valence-electron chi connectivity index (χ0n) is 7.08. The monoisotopic (exact) mass is 237 g/mol. The molecule has 0 saturated carbocycles. The highest BCUT2D eigenvalue weighted by Gasteiger charge is 2.02. The number of nitrogens with zero attached hydrogens (tertiary/aromatic N) is 2. The van der Waals surface area contributed by atoms with Crippen molar-refractivity contribution in [2.24, 2.45) is 0 Å². The number of aromatic nitrogens is 3. The lowest BCUT2D eigenvalue weighted by Gasteiger charge is -1.95. The molecule has 1 N–H and O–H groups in total. The molecule has 2 rings (SSSR count). The molecule has 0 aromatic carbocycles. The zero-order chi connectivity index (χ0) is 9.26. The van der Waals surface area contributed by atoms with E-state index in [4.69, 9.17) is 0 Å². The molecule has 4 heteroatoms. The maximum Gasteiger partial charge on any atom is 0.156 e. The second kappa shape index (κ2) is 3.30. The first-order valence-electron chi connectivity index (χ1n) is 3.90. The van der Waals surface area contributed by atoms with Crippen LogP contribution in [0.25, 0.3) is 11.5 Å². The van der Waals surface area contributed by atoms with Crippen LogP contribution in [0.3, 0.4) is 0 Å². The van der Waals surface area contributed by atoms with Crippen molar-refractivity contribution in [3.05, 3.63) is 34.7 Å². The van der Waals surface area contributed by atoms with Gasteiger partial charge >= 0.3 is 0 Å². The fraction of sp³-hybridized carbons (Fsp3) is 0.111. The fourth-order valence-electron chi connectivity index (χ4n) is 1.08. The van der Waals surface area contributed by atoms with Crippen LogP contribution in [0, 0.1) is 6.92 Å². The third-order valence-electron chi connectivity index (χ3n) is 1.66. The minimum absolute atomic E-state index is 0.804. The van der Waals surface area contributed by atoms with Gasteiger partial charge in [-0.05, 0) is 35.0 Å². The second-order valence-electron chi connectivity index (χ2n) is 2.76. The highest BCUT2D eigenvalue weighted by molar-refractivity contribution is 9.10. The molecule has 0 radical (unpaired) electrons. The molecule has 0 unspecified atom stereocenters. The van der Waals surface area contributed by atoms with E-state index in [2.05, 4.69) is 30.9 Å². The molecule has 0 saturated heterocycles. The topological polar surface area (TPSA) is 41.6 Å². The third kappa shape index (κ3) is 1.78. The minimum Gasteiger partial charge on any atom is -0.341 e. The van der Waals surface area contributed by atoms with E-state index in [1.165, 1.54) is 0 Å². The molecule has 0 amide bonds. The van der Waals surface area contributed by atoms with Gasteiger partial charge in [-0.2, -0.15) is 0 Å². The largest absolute Gasteiger partial charge is 0.341 e. The number of imidazole rings is 1. The van der Waals surface area contributed by atoms with Crippen LogP contribution in [-0.4, -0.2) is 15.0 Å². The summed E-state index contributed by atoms with van der Waals surface area (Å²) in [7, 11) is 0. The van der Waals surface area contributed by atoms with Crippen LogP contribution in [0.2, 0.25) is 0 Å². The first-order chi connectivity index (χ1) is 6.25. The Morgan fingerprint density at radius 2 is 2.23 bits per heavy atom. The predicted molar refractivity (Wildman–Crippen MR) is 54.3 cm³/mol. The van der Waals surface area contributed by atoms with Crippen LogP contribution >= 0.6 is 15.9 Å². The van der Waals surface area contributed by atoms with Crippen molar-refractivity contribution >= 4 is 15.9 Å². The number of rotatable bonds is 1. The third-order valence-corrected chi connectivity index (χ3v) is 2.10. The SMILES string of the molecule is Cc1cnc(-c2cccc(Br)n2)[nH]1. The first-order valence-corrected chi connectivity index (χ1v) is 4.69. The summed E-state index contributed by atoms with van der Waals surface area (Å²) >= 11 is 3.31. The lowest BCUT2D eigenvalue weighted by Crippen LogP contribution is -1.85. The summed E-state index contributed by atoms with van der Waals surface area (Å²) in [6, 6.07) is 5.74. The summed E-state index contributed by atoms with van der Waals surface area (Å²) in [4.78, 5) is 11.6. The van der Waals surface area contributed by atoms with E-state index >= 15 is 0 Å². The van der Waals surface area contributed by atoms with Gasteiger partial charge in [0.1, 0.15) is 10.3 Å². The molecule has 0 spiro atoms. The highest BCUT2D eigenvalue weighted by atomic mass is 79.9. The van der Waals surface area contributed by atoms with Crippen LogP contribution < -0.4 is 0 Å². The van der Waals surface area contributed by atoms with E-state index < -0.39 is 0 Å². The van der Waals surface area contributed by atoms with E-state index in [0.717, 1.165) is 21.8 Å². The summed E-state index contributed by atoms with van der Waals surface area (Å²) in [6.07, 6.45) is 1.79. The van der Waals surface area contributed by atoms with Crippen LogP contribution in [0.5, 0.6) is 0 Å². The van der Waals surface area contributed by atoms with Crippen LogP contribution in [0.4, 0.5) is 0 Å². The Hall–Kier alpha value is -1.16. The number of hydrogen-bond acceptors (Lipinski definition) is 2. The number of pyridine rings is 1. The quantitative estimate of drug-likeness (QED) is 0.775. The molecule has 0 fully saturated rings. The second-order valence-corrected chi connectivity index (χ2v) is 3.57. The summed E-state index contributed by atoms with van der Waals surface area (Å²) in [6.45, 7) is 1.97. The molecule has 0 aliphatic carbocycles. The molecule has 2 heterocycles. The first kappa shape index (κ1) is 8.44. The minimum atomic E-state index is 0.804. The Bertz CT molecular complexity index is 422. The number of nitrogens with one attached hydrogen (secondary N) is 1. The smallest absolute Gasteiger partial charge is 0.156 e. The maximum atomic E-state index is 4.28. The van der Waals surface area contributed by atoms with Gasteiger partial charge in [0.05, 0.1) is 0 Å². The molecule has 66 valence electrons. The van der Waals surface area contributed by atoms with Gasteiger partial charge in [0.2, 0.25) is 0 Å². The Balaban J connectivity index is 2.46. The summed E-state index contributed by atoms with van der Waals surface area (Å²) in [5.41, 5.74) is 1.89. The van der Waals surface area contributed by atoms with Crippen molar-refractivity contribution in [1.29, 1.82) is 0 Å². The van der Waals surface area contributed by atoms with Gasteiger partial charge in [0.25, 0.3) is 0 Å². The number of H-pyrrole nitrogens is 1. The maximum absolute atomic E-state index is 4.28. The molecule has 2 aromatic heterocycles. The Kier molecular flexibility index (Phi) is 2.14. The van der Waals surface area contributed by atoms with Crippen LogP contribution in [0.1, 0.15) is 5.69 Å². The fourth-order valence-corrected chi connectivity index (χ4v) is 1.43. The van der Waals surface area contributed by atoms with Crippen molar-refractivity contribution in [2.75, 3.05) is 0 Å². The zero-order valence-corrected chi connectivity index (χ0v) is 8.67. The molecule has 2 aromatic rings. The van der Waals surface area contributed by atoms with E-state index in [0.29, 0.717) is 0 Å². The predicted octanol–water partition coefficient (Wildman–Crippen LogP) is 2.54. The van der Waals surface area contributed by atoms with Crippen LogP contribution in [-0.2, 0) is 0 Å². The molecule has 3 nitrogen and oxygen atoms in total. The van der Waals surface area contributed by atoms with Gasteiger partial charge in [0, 0.05) is 11.9 Å². The lowest BCUT2D eigenvalue weighted by atomic mass is 10.3. The van der Waals surface area contributed by atoms with Gasteiger partial charge < -0.3 is 4.98 Å². The van der Waals surface area contributed by atoms with Crippen LogP contribution in [0.15, 0.2) is 29.0 Å². The van der Waals surface area contributed by atoms with Crippen molar-refractivity contribution in [3.63, 3.8) is 0 Å². The molecular weight excluding hydrogens is 230 g/mol.